The van der Waals surface area contributed by atoms with Gasteiger partial charge in [0.15, 0.2) is 0 Å². The van der Waals surface area contributed by atoms with E-state index in [-0.39, 0.29) is 0 Å². The molecule has 0 atom stereocenters. The second-order valence-corrected chi connectivity index (χ2v) is 3.56. The van der Waals surface area contributed by atoms with Gasteiger partial charge in [0, 0.05) is 22.3 Å². The van der Waals surface area contributed by atoms with Crippen LogP contribution in [0.25, 0.3) is 10.8 Å². The Morgan fingerprint density at radius 1 is 1.31 bits per heavy atom. The Morgan fingerprint density at radius 3 is 2.92 bits per heavy atom. The number of ether oxygens (including phenoxy) is 1. The Labute approximate surface area is 84.7 Å². The van der Waals surface area contributed by atoms with Crippen molar-refractivity contribution in [2.45, 2.75) is 0 Å². The van der Waals surface area contributed by atoms with Crippen molar-refractivity contribution in [3.05, 3.63) is 35.1 Å². The monoisotopic (exact) mass is 237 g/mol. The molecule has 0 radical (unpaired) electrons. The summed E-state index contributed by atoms with van der Waals surface area (Å²) in [5.74, 6) is 0.854. The molecule has 0 amide bonds. The van der Waals surface area contributed by atoms with E-state index in [4.69, 9.17) is 4.74 Å². The number of pyridine rings is 1. The number of rotatable bonds is 1. The molecule has 1 aromatic carbocycles. The summed E-state index contributed by atoms with van der Waals surface area (Å²) in [6, 6.07) is 5.92. The predicted octanol–water partition coefficient (Wildman–Crippen LogP) is 3.01. The number of benzene rings is 1. The van der Waals surface area contributed by atoms with E-state index in [0.29, 0.717) is 0 Å². The molecule has 0 saturated carbocycles. The number of hydrogen-bond acceptors (Lipinski definition) is 2. The molecule has 13 heavy (non-hydrogen) atoms. The molecule has 0 aliphatic carbocycles. The maximum Gasteiger partial charge on any atom is 0.119 e. The number of aromatic nitrogens is 1. The van der Waals surface area contributed by atoms with Crippen molar-refractivity contribution < 1.29 is 4.74 Å². The fourth-order valence-corrected chi connectivity index (χ4v) is 1.72. The minimum Gasteiger partial charge on any atom is -0.497 e. The van der Waals surface area contributed by atoms with Gasteiger partial charge in [-0.05, 0) is 39.5 Å². The van der Waals surface area contributed by atoms with Gasteiger partial charge in [0.2, 0.25) is 0 Å². The van der Waals surface area contributed by atoms with E-state index in [1.807, 2.05) is 24.4 Å². The minimum atomic E-state index is 0.854. The van der Waals surface area contributed by atoms with Gasteiger partial charge in [0.05, 0.1) is 7.11 Å². The molecule has 2 nitrogen and oxygen atoms in total. The van der Waals surface area contributed by atoms with Crippen LogP contribution in [0.5, 0.6) is 5.75 Å². The first kappa shape index (κ1) is 8.51. The van der Waals surface area contributed by atoms with Crippen LogP contribution in [0.3, 0.4) is 0 Å². The van der Waals surface area contributed by atoms with Gasteiger partial charge in [-0.25, -0.2) is 0 Å². The van der Waals surface area contributed by atoms with Gasteiger partial charge in [-0.3, -0.25) is 4.98 Å². The van der Waals surface area contributed by atoms with E-state index < -0.39 is 0 Å². The molecular weight excluding hydrogens is 230 g/mol. The number of hydrogen-bond donors (Lipinski definition) is 0. The number of nitrogens with zero attached hydrogens (tertiary/aromatic N) is 1. The van der Waals surface area contributed by atoms with Gasteiger partial charge in [-0.1, -0.05) is 0 Å². The van der Waals surface area contributed by atoms with Gasteiger partial charge in [0.25, 0.3) is 0 Å². The quantitative estimate of drug-likeness (QED) is 0.761. The zero-order chi connectivity index (χ0) is 9.26. The average molecular weight is 238 g/mol. The van der Waals surface area contributed by atoms with Crippen molar-refractivity contribution in [3.63, 3.8) is 0 Å². The van der Waals surface area contributed by atoms with Crippen LogP contribution in [0.2, 0.25) is 0 Å². The van der Waals surface area contributed by atoms with Crippen LogP contribution in [0, 0.1) is 0 Å². The van der Waals surface area contributed by atoms with Crippen molar-refractivity contribution in [2.24, 2.45) is 0 Å². The van der Waals surface area contributed by atoms with Gasteiger partial charge >= 0.3 is 0 Å². The lowest BCUT2D eigenvalue weighted by molar-refractivity contribution is 0.415. The van der Waals surface area contributed by atoms with Crippen LogP contribution in [0.4, 0.5) is 0 Å². The summed E-state index contributed by atoms with van der Waals surface area (Å²) in [6.07, 6.45) is 3.61. The molecular formula is C10H8BrNO. The number of fused-ring (bicyclic) bond motifs is 1. The molecule has 0 bridgehead atoms. The normalized spacial score (nSPS) is 10.3. The molecule has 66 valence electrons. The smallest absolute Gasteiger partial charge is 0.119 e. The Bertz CT molecular complexity index is 442. The molecule has 0 spiro atoms. The minimum absolute atomic E-state index is 0.854. The summed E-state index contributed by atoms with van der Waals surface area (Å²) in [5.41, 5.74) is 0. The summed E-state index contributed by atoms with van der Waals surface area (Å²) in [4.78, 5) is 4.09. The second-order valence-electron chi connectivity index (χ2n) is 2.71. The molecule has 0 fully saturated rings. The third-order valence-corrected chi connectivity index (χ3v) is 2.55. The van der Waals surface area contributed by atoms with Crippen molar-refractivity contribution >= 4 is 26.7 Å². The van der Waals surface area contributed by atoms with Gasteiger partial charge in [-0.2, -0.15) is 0 Å². The van der Waals surface area contributed by atoms with E-state index in [0.717, 1.165) is 21.0 Å². The fourth-order valence-electron chi connectivity index (χ4n) is 1.24. The maximum absolute atomic E-state index is 5.12. The van der Waals surface area contributed by atoms with E-state index in [2.05, 4.69) is 20.9 Å². The second kappa shape index (κ2) is 3.34. The summed E-state index contributed by atoms with van der Waals surface area (Å²) in [5, 5.41) is 2.23. The van der Waals surface area contributed by atoms with Gasteiger partial charge in [-0.15, -0.1) is 0 Å². The lowest BCUT2D eigenvalue weighted by atomic mass is 10.2. The maximum atomic E-state index is 5.12. The molecule has 0 saturated heterocycles. The molecule has 2 rings (SSSR count). The zero-order valence-corrected chi connectivity index (χ0v) is 8.71. The molecule has 0 unspecified atom stereocenters. The topological polar surface area (TPSA) is 22.1 Å². The van der Waals surface area contributed by atoms with Crippen LogP contribution in [0.15, 0.2) is 35.1 Å². The molecule has 0 N–H and O–H groups in total. The molecule has 1 heterocycles. The van der Waals surface area contributed by atoms with Crippen LogP contribution >= 0.6 is 15.9 Å². The third-order valence-electron chi connectivity index (χ3n) is 1.92. The summed E-state index contributed by atoms with van der Waals surface area (Å²) >= 11 is 3.44. The van der Waals surface area contributed by atoms with Crippen LogP contribution in [0.1, 0.15) is 0 Å². The van der Waals surface area contributed by atoms with Crippen LogP contribution < -0.4 is 4.74 Å². The summed E-state index contributed by atoms with van der Waals surface area (Å²) < 4.78 is 6.13. The van der Waals surface area contributed by atoms with Crippen molar-refractivity contribution in [3.8, 4) is 5.75 Å². The first-order valence-electron chi connectivity index (χ1n) is 3.88. The summed E-state index contributed by atoms with van der Waals surface area (Å²) in [7, 11) is 1.66. The predicted molar refractivity (Wildman–Crippen MR) is 56.0 cm³/mol. The Morgan fingerprint density at radius 2 is 2.15 bits per heavy atom. The fraction of sp³-hybridized carbons (Fsp3) is 0.100. The number of halogens is 1. The van der Waals surface area contributed by atoms with E-state index in [1.54, 1.807) is 13.3 Å². The molecule has 0 aliphatic rings. The lowest BCUT2D eigenvalue weighted by Crippen LogP contribution is -1.83. The van der Waals surface area contributed by atoms with Gasteiger partial charge in [0.1, 0.15) is 5.75 Å². The Hall–Kier alpha value is -1.09. The Kier molecular flexibility index (Phi) is 2.19. The SMILES string of the molecule is COc1ccc2c(Br)cncc2c1. The van der Waals surface area contributed by atoms with Crippen LogP contribution in [-0.2, 0) is 0 Å². The van der Waals surface area contributed by atoms with E-state index >= 15 is 0 Å². The largest absolute Gasteiger partial charge is 0.497 e. The van der Waals surface area contributed by atoms with Crippen molar-refractivity contribution in [1.82, 2.24) is 4.98 Å². The number of methoxy groups -OCH3 is 1. The molecule has 0 aliphatic heterocycles. The van der Waals surface area contributed by atoms with E-state index in [1.165, 1.54) is 0 Å². The van der Waals surface area contributed by atoms with Gasteiger partial charge < -0.3 is 4.74 Å². The highest BCUT2D eigenvalue weighted by molar-refractivity contribution is 9.10. The third kappa shape index (κ3) is 1.52. The summed E-state index contributed by atoms with van der Waals surface area (Å²) in [6.45, 7) is 0. The standard InChI is InChI=1S/C10H8BrNO/c1-13-8-2-3-9-7(4-8)5-12-6-10(9)11/h2-6H,1H3. The lowest BCUT2D eigenvalue weighted by Gasteiger charge is -2.02. The average Bonchev–Trinajstić information content (AvgIpc) is 2.18. The Balaban J connectivity index is 2.72. The van der Waals surface area contributed by atoms with E-state index in [9.17, 15) is 0 Å². The first-order valence-corrected chi connectivity index (χ1v) is 4.68. The van der Waals surface area contributed by atoms with Crippen molar-refractivity contribution in [2.75, 3.05) is 7.11 Å². The first-order chi connectivity index (χ1) is 6.31. The molecule has 2 aromatic rings. The highest BCUT2D eigenvalue weighted by Crippen LogP contribution is 2.25. The molecule has 3 heteroatoms. The molecule has 1 aromatic heterocycles. The van der Waals surface area contributed by atoms with Crippen LogP contribution in [-0.4, -0.2) is 12.1 Å². The highest BCUT2D eigenvalue weighted by Gasteiger charge is 1.99. The van der Waals surface area contributed by atoms with Crippen molar-refractivity contribution in [1.29, 1.82) is 0 Å². The zero-order valence-electron chi connectivity index (χ0n) is 7.12. The highest BCUT2D eigenvalue weighted by atomic mass is 79.9.